The Bertz CT molecular complexity index is 569. The maximum absolute atomic E-state index is 5.57. The molecular weight excluding hydrogens is 228 g/mol. The lowest BCUT2D eigenvalue weighted by molar-refractivity contribution is 0.171. The van der Waals surface area contributed by atoms with Gasteiger partial charge in [0.1, 0.15) is 13.2 Å². The average Bonchev–Trinajstić information content (AvgIpc) is 2.47. The van der Waals surface area contributed by atoms with Gasteiger partial charge in [0.15, 0.2) is 11.5 Å². The Morgan fingerprint density at radius 3 is 2.72 bits per heavy atom. The second kappa shape index (κ2) is 4.56. The molecule has 1 aliphatic heterocycles. The first-order valence-corrected chi connectivity index (χ1v) is 5.90. The highest BCUT2D eigenvalue weighted by atomic mass is 16.6. The van der Waals surface area contributed by atoms with Gasteiger partial charge in [0, 0.05) is 24.5 Å². The maximum Gasteiger partial charge on any atom is 0.162 e. The normalized spacial score (nSPS) is 13.2. The van der Waals surface area contributed by atoms with Crippen molar-refractivity contribution in [1.29, 1.82) is 0 Å². The standard InChI is InChI=1S/C14H14N2O2/c1-15-11-4-5-16-12(9-11)10-2-3-13-14(8-10)18-7-6-17-13/h2-5,8-9H,6-7H2,1H3,(H,15,16). The van der Waals surface area contributed by atoms with Crippen molar-refractivity contribution in [1.82, 2.24) is 4.98 Å². The van der Waals surface area contributed by atoms with Crippen molar-refractivity contribution in [2.24, 2.45) is 0 Å². The molecule has 4 heteroatoms. The summed E-state index contributed by atoms with van der Waals surface area (Å²) in [7, 11) is 1.89. The molecule has 2 heterocycles. The Labute approximate surface area is 106 Å². The summed E-state index contributed by atoms with van der Waals surface area (Å²) in [4.78, 5) is 4.37. The van der Waals surface area contributed by atoms with E-state index < -0.39 is 0 Å². The molecule has 0 radical (unpaired) electrons. The molecule has 3 rings (SSSR count). The van der Waals surface area contributed by atoms with Crippen LogP contribution in [-0.2, 0) is 0 Å². The summed E-state index contributed by atoms with van der Waals surface area (Å²) in [6.45, 7) is 1.21. The van der Waals surface area contributed by atoms with E-state index in [1.54, 1.807) is 6.20 Å². The predicted octanol–water partition coefficient (Wildman–Crippen LogP) is 2.56. The summed E-state index contributed by atoms with van der Waals surface area (Å²) < 4.78 is 11.1. The predicted molar refractivity (Wildman–Crippen MR) is 70.2 cm³/mol. The van der Waals surface area contributed by atoms with E-state index in [2.05, 4.69) is 10.3 Å². The molecule has 18 heavy (non-hydrogen) atoms. The van der Waals surface area contributed by atoms with E-state index in [1.807, 2.05) is 37.4 Å². The summed E-state index contributed by atoms with van der Waals surface area (Å²) in [5, 5.41) is 3.10. The van der Waals surface area contributed by atoms with Crippen LogP contribution in [0.4, 0.5) is 5.69 Å². The summed E-state index contributed by atoms with van der Waals surface area (Å²) in [6, 6.07) is 9.83. The van der Waals surface area contributed by atoms with Gasteiger partial charge in [0.2, 0.25) is 0 Å². The van der Waals surface area contributed by atoms with Crippen LogP contribution in [0.3, 0.4) is 0 Å². The molecule has 0 aliphatic carbocycles. The fourth-order valence-electron chi connectivity index (χ4n) is 1.95. The molecule has 1 aliphatic rings. The van der Waals surface area contributed by atoms with Gasteiger partial charge in [-0.3, -0.25) is 4.98 Å². The molecule has 0 spiro atoms. The van der Waals surface area contributed by atoms with Crippen LogP contribution in [0.15, 0.2) is 36.5 Å². The van der Waals surface area contributed by atoms with Gasteiger partial charge in [-0.05, 0) is 30.3 Å². The Kier molecular flexibility index (Phi) is 2.76. The number of rotatable bonds is 2. The van der Waals surface area contributed by atoms with Crippen LogP contribution in [0.1, 0.15) is 0 Å². The van der Waals surface area contributed by atoms with Crippen molar-refractivity contribution in [2.45, 2.75) is 0 Å². The number of nitrogens with one attached hydrogen (secondary N) is 1. The molecule has 1 N–H and O–H groups in total. The molecule has 1 aromatic heterocycles. The van der Waals surface area contributed by atoms with Crippen molar-refractivity contribution in [3.8, 4) is 22.8 Å². The number of benzene rings is 1. The highest BCUT2D eigenvalue weighted by Crippen LogP contribution is 2.34. The van der Waals surface area contributed by atoms with Gasteiger partial charge in [-0.25, -0.2) is 0 Å². The molecule has 0 fully saturated rings. The van der Waals surface area contributed by atoms with Crippen LogP contribution in [0.5, 0.6) is 11.5 Å². The van der Waals surface area contributed by atoms with Gasteiger partial charge in [-0.2, -0.15) is 0 Å². The number of anilines is 1. The van der Waals surface area contributed by atoms with E-state index in [4.69, 9.17) is 9.47 Å². The van der Waals surface area contributed by atoms with Gasteiger partial charge >= 0.3 is 0 Å². The summed E-state index contributed by atoms with van der Waals surface area (Å²) in [5.74, 6) is 1.59. The van der Waals surface area contributed by atoms with Crippen LogP contribution in [0, 0.1) is 0 Å². The number of aromatic nitrogens is 1. The minimum atomic E-state index is 0.598. The minimum absolute atomic E-state index is 0.598. The second-order valence-corrected chi connectivity index (χ2v) is 4.04. The number of ether oxygens (including phenoxy) is 2. The minimum Gasteiger partial charge on any atom is -0.486 e. The molecular formula is C14H14N2O2. The molecule has 1 aromatic carbocycles. The zero-order chi connectivity index (χ0) is 12.4. The van der Waals surface area contributed by atoms with Crippen molar-refractivity contribution in [2.75, 3.05) is 25.6 Å². The van der Waals surface area contributed by atoms with E-state index in [9.17, 15) is 0 Å². The first kappa shape index (κ1) is 10.9. The zero-order valence-electron chi connectivity index (χ0n) is 10.1. The first-order chi connectivity index (χ1) is 8.86. The fraction of sp³-hybridized carbons (Fsp3) is 0.214. The summed E-state index contributed by atoms with van der Waals surface area (Å²) in [5.41, 5.74) is 2.98. The van der Waals surface area contributed by atoms with Crippen molar-refractivity contribution < 1.29 is 9.47 Å². The maximum atomic E-state index is 5.57. The Balaban J connectivity index is 2.00. The van der Waals surface area contributed by atoms with Crippen LogP contribution in [0.2, 0.25) is 0 Å². The molecule has 0 atom stereocenters. The number of hydrogen-bond acceptors (Lipinski definition) is 4. The molecule has 92 valence electrons. The third-order valence-corrected chi connectivity index (χ3v) is 2.89. The van der Waals surface area contributed by atoms with Gasteiger partial charge in [0.25, 0.3) is 0 Å². The fourth-order valence-corrected chi connectivity index (χ4v) is 1.95. The zero-order valence-corrected chi connectivity index (χ0v) is 10.1. The highest BCUT2D eigenvalue weighted by Gasteiger charge is 2.12. The van der Waals surface area contributed by atoms with Gasteiger partial charge in [-0.15, -0.1) is 0 Å². The largest absolute Gasteiger partial charge is 0.486 e. The third kappa shape index (κ3) is 1.97. The average molecular weight is 242 g/mol. The lowest BCUT2D eigenvalue weighted by atomic mass is 10.1. The van der Waals surface area contributed by atoms with Crippen LogP contribution < -0.4 is 14.8 Å². The Morgan fingerprint density at radius 1 is 1.06 bits per heavy atom. The molecule has 0 amide bonds. The quantitative estimate of drug-likeness (QED) is 0.879. The van der Waals surface area contributed by atoms with Crippen LogP contribution in [0.25, 0.3) is 11.3 Å². The van der Waals surface area contributed by atoms with Gasteiger partial charge < -0.3 is 14.8 Å². The topological polar surface area (TPSA) is 43.4 Å². The van der Waals surface area contributed by atoms with Crippen molar-refractivity contribution in [3.05, 3.63) is 36.5 Å². The van der Waals surface area contributed by atoms with Crippen LogP contribution in [-0.4, -0.2) is 25.2 Å². The Hall–Kier alpha value is -2.23. The first-order valence-electron chi connectivity index (χ1n) is 5.90. The smallest absolute Gasteiger partial charge is 0.162 e. The van der Waals surface area contributed by atoms with Crippen molar-refractivity contribution >= 4 is 5.69 Å². The Morgan fingerprint density at radius 2 is 1.89 bits per heavy atom. The molecule has 4 nitrogen and oxygen atoms in total. The van der Waals surface area contributed by atoms with Crippen molar-refractivity contribution in [3.63, 3.8) is 0 Å². The van der Waals surface area contributed by atoms with E-state index in [0.717, 1.165) is 28.4 Å². The number of pyridine rings is 1. The molecule has 0 saturated carbocycles. The molecule has 0 bridgehead atoms. The molecule has 0 saturated heterocycles. The monoisotopic (exact) mass is 242 g/mol. The van der Waals surface area contributed by atoms with E-state index in [0.29, 0.717) is 13.2 Å². The SMILES string of the molecule is CNc1ccnc(-c2ccc3c(c2)OCCO3)c1. The lowest BCUT2D eigenvalue weighted by Gasteiger charge is -2.18. The molecule has 0 unspecified atom stereocenters. The number of hydrogen-bond donors (Lipinski definition) is 1. The van der Waals surface area contributed by atoms with Crippen LogP contribution >= 0.6 is 0 Å². The van der Waals surface area contributed by atoms with E-state index >= 15 is 0 Å². The highest BCUT2D eigenvalue weighted by molar-refractivity contribution is 5.67. The third-order valence-electron chi connectivity index (χ3n) is 2.89. The summed E-state index contributed by atoms with van der Waals surface area (Å²) in [6.07, 6.45) is 1.79. The lowest BCUT2D eigenvalue weighted by Crippen LogP contribution is -2.15. The number of nitrogens with zero attached hydrogens (tertiary/aromatic N) is 1. The number of fused-ring (bicyclic) bond motifs is 1. The van der Waals surface area contributed by atoms with Gasteiger partial charge in [-0.1, -0.05) is 0 Å². The summed E-state index contributed by atoms with van der Waals surface area (Å²) >= 11 is 0. The van der Waals surface area contributed by atoms with Gasteiger partial charge in [0.05, 0.1) is 5.69 Å². The van der Waals surface area contributed by atoms with E-state index in [1.165, 1.54) is 0 Å². The van der Waals surface area contributed by atoms with E-state index in [-0.39, 0.29) is 0 Å². The second-order valence-electron chi connectivity index (χ2n) is 4.04. The molecule has 2 aromatic rings.